The van der Waals surface area contributed by atoms with Gasteiger partial charge in [0.2, 0.25) is 0 Å². The molecule has 17 heavy (non-hydrogen) atoms. The van der Waals surface area contributed by atoms with Crippen molar-refractivity contribution in [1.29, 1.82) is 0 Å². The molecule has 0 saturated carbocycles. The van der Waals surface area contributed by atoms with E-state index in [4.69, 9.17) is 22.3 Å². The van der Waals surface area contributed by atoms with Gasteiger partial charge in [-0.15, -0.1) is 0 Å². The first-order valence-electron chi connectivity index (χ1n) is 4.64. The number of nitrogens with one attached hydrogen (secondary N) is 1. The lowest BCUT2D eigenvalue weighted by atomic mass is 10.1. The number of H-pyrrole nitrogens is 1. The number of carbonyl (C=O) groups excluding carboxylic acids is 1. The predicted octanol–water partition coefficient (Wildman–Crippen LogP) is 2.51. The van der Waals surface area contributed by atoms with Crippen LogP contribution in [0.2, 0.25) is 5.02 Å². The van der Waals surface area contributed by atoms with Crippen LogP contribution in [0.5, 0.6) is 0 Å². The molecule has 0 fully saturated rings. The highest BCUT2D eigenvalue weighted by Gasteiger charge is 2.29. The molecule has 1 rings (SSSR count). The van der Waals surface area contributed by atoms with Crippen molar-refractivity contribution in [2.75, 3.05) is 7.11 Å². The highest BCUT2D eigenvalue weighted by Crippen LogP contribution is 2.35. The van der Waals surface area contributed by atoms with E-state index in [1.54, 1.807) is 13.8 Å². The third kappa shape index (κ3) is 2.75. The van der Waals surface area contributed by atoms with Gasteiger partial charge in [-0.3, -0.25) is 0 Å². The summed E-state index contributed by atoms with van der Waals surface area (Å²) in [6.07, 6.45) is 0. The Balaban J connectivity index is 3.58. The van der Waals surface area contributed by atoms with Crippen LogP contribution in [-0.4, -0.2) is 26.5 Å². The van der Waals surface area contributed by atoms with E-state index in [0.29, 0.717) is 0 Å². The second kappa shape index (κ2) is 4.88. The van der Waals surface area contributed by atoms with E-state index in [2.05, 4.69) is 9.72 Å². The standard InChI is InChI=1S/C9H11Cl2NO4S/c1-4(2)6-8(17(11,14)15)5(10)7(12-6)9(13)16-3/h4,12H,1-3H3. The highest BCUT2D eigenvalue weighted by atomic mass is 35.7. The monoisotopic (exact) mass is 299 g/mol. The summed E-state index contributed by atoms with van der Waals surface area (Å²) in [5.74, 6) is -0.933. The molecule has 1 heterocycles. The quantitative estimate of drug-likeness (QED) is 0.687. The van der Waals surface area contributed by atoms with Crippen LogP contribution in [-0.2, 0) is 13.8 Å². The molecule has 5 nitrogen and oxygen atoms in total. The van der Waals surface area contributed by atoms with Gasteiger partial charge in [0, 0.05) is 16.4 Å². The SMILES string of the molecule is COC(=O)c1[nH]c(C(C)C)c(S(=O)(=O)Cl)c1Cl. The number of methoxy groups -OCH3 is 1. The summed E-state index contributed by atoms with van der Waals surface area (Å²) in [7, 11) is 2.43. The fraction of sp³-hybridized carbons (Fsp3) is 0.444. The molecule has 1 aromatic rings. The van der Waals surface area contributed by atoms with Crippen molar-refractivity contribution in [2.24, 2.45) is 0 Å². The maximum absolute atomic E-state index is 11.4. The molecule has 0 amide bonds. The van der Waals surface area contributed by atoms with Gasteiger partial charge in [-0.25, -0.2) is 13.2 Å². The second-order valence-corrected chi connectivity index (χ2v) is 6.52. The normalized spacial score (nSPS) is 11.9. The van der Waals surface area contributed by atoms with Gasteiger partial charge in [0.15, 0.2) is 0 Å². The number of rotatable bonds is 3. The Morgan fingerprint density at radius 1 is 1.41 bits per heavy atom. The van der Waals surface area contributed by atoms with Crippen molar-refractivity contribution >= 4 is 37.3 Å². The molecule has 0 aliphatic rings. The number of ether oxygens (including phenoxy) is 1. The number of halogens is 2. The minimum Gasteiger partial charge on any atom is -0.464 e. The van der Waals surface area contributed by atoms with Crippen molar-refractivity contribution in [3.8, 4) is 0 Å². The van der Waals surface area contributed by atoms with Crippen LogP contribution >= 0.6 is 22.3 Å². The first-order chi connectivity index (χ1) is 7.70. The van der Waals surface area contributed by atoms with E-state index < -0.39 is 15.0 Å². The predicted molar refractivity (Wildman–Crippen MR) is 64.3 cm³/mol. The van der Waals surface area contributed by atoms with Gasteiger partial charge >= 0.3 is 5.97 Å². The van der Waals surface area contributed by atoms with Crippen LogP contribution in [0.4, 0.5) is 0 Å². The minimum absolute atomic E-state index is 0.114. The Kier molecular flexibility index (Phi) is 4.11. The summed E-state index contributed by atoms with van der Waals surface area (Å²) in [6, 6.07) is 0. The smallest absolute Gasteiger partial charge is 0.356 e. The fourth-order valence-electron chi connectivity index (χ4n) is 1.37. The molecule has 0 radical (unpaired) electrons. The molecular formula is C9H11Cl2NO4S. The van der Waals surface area contributed by atoms with Crippen molar-refractivity contribution < 1.29 is 17.9 Å². The molecule has 0 aromatic carbocycles. The molecule has 96 valence electrons. The van der Waals surface area contributed by atoms with Crippen LogP contribution in [0.1, 0.15) is 35.9 Å². The first kappa shape index (κ1) is 14.3. The molecule has 0 aliphatic carbocycles. The lowest BCUT2D eigenvalue weighted by Crippen LogP contribution is -2.02. The second-order valence-electron chi connectivity index (χ2n) is 3.64. The van der Waals surface area contributed by atoms with Gasteiger partial charge in [0.05, 0.1) is 12.1 Å². The van der Waals surface area contributed by atoms with Gasteiger partial charge in [-0.1, -0.05) is 25.4 Å². The molecule has 1 aromatic heterocycles. The Morgan fingerprint density at radius 3 is 2.24 bits per heavy atom. The summed E-state index contributed by atoms with van der Waals surface area (Å²) in [5.41, 5.74) is 0.169. The highest BCUT2D eigenvalue weighted by molar-refractivity contribution is 8.13. The zero-order chi connectivity index (χ0) is 13.4. The molecular weight excluding hydrogens is 289 g/mol. The van der Waals surface area contributed by atoms with E-state index in [-0.39, 0.29) is 27.2 Å². The van der Waals surface area contributed by atoms with Gasteiger partial charge in [0.25, 0.3) is 9.05 Å². The van der Waals surface area contributed by atoms with Gasteiger partial charge < -0.3 is 9.72 Å². The fourth-order valence-corrected chi connectivity index (χ4v) is 3.36. The molecule has 0 bridgehead atoms. The maximum Gasteiger partial charge on any atom is 0.356 e. The van der Waals surface area contributed by atoms with Crippen LogP contribution < -0.4 is 0 Å². The number of carbonyl (C=O) groups is 1. The van der Waals surface area contributed by atoms with Gasteiger partial charge in [0.1, 0.15) is 10.6 Å². The van der Waals surface area contributed by atoms with Gasteiger partial charge in [-0.2, -0.15) is 0 Å². The lowest BCUT2D eigenvalue weighted by Gasteiger charge is -2.04. The van der Waals surface area contributed by atoms with E-state index in [1.807, 2.05) is 0 Å². The lowest BCUT2D eigenvalue weighted by molar-refractivity contribution is 0.0595. The van der Waals surface area contributed by atoms with E-state index >= 15 is 0 Å². The van der Waals surface area contributed by atoms with Crippen molar-refractivity contribution in [3.63, 3.8) is 0 Å². The Morgan fingerprint density at radius 2 is 1.94 bits per heavy atom. The van der Waals surface area contributed by atoms with Crippen molar-refractivity contribution in [1.82, 2.24) is 4.98 Å². The van der Waals surface area contributed by atoms with Crippen LogP contribution in [0, 0.1) is 0 Å². The summed E-state index contributed by atoms with van der Waals surface area (Å²) in [4.78, 5) is 13.7. The average molecular weight is 300 g/mol. The summed E-state index contributed by atoms with van der Waals surface area (Å²) < 4.78 is 27.3. The van der Waals surface area contributed by atoms with E-state index in [1.165, 1.54) is 7.11 Å². The van der Waals surface area contributed by atoms with Crippen molar-refractivity contribution in [2.45, 2.75) is 24.7 Å². The van der Waals surface area contributed by atoms with Crippen LogP contribution in [0.25, 0.3) is 0 Å². The van der Waals surface area contributed by atoms with E-state index in [0.717, 1.165) is 0 Å². The summed E-state index contributed by atoms with van der Waals surface area (Å²) >= 11 is 5.84. The molecule has 0 spiro atoms. The van der Waals surface area contributed by atoms with Crippen LogP contribution in [0.3, 0.4) is 0 Å². The summed E-state index contributed by atoms with van der Waals surface area (Å²) in [6.45, 7) is 3.49. The zero-order valence-electron chi connectivity index (χ0n) is 9.37. The maximum atomic E-state index is 11.4. The average Bonchev–Trinajstić information content (AvgIpc) is 2.54. The molecule has 0 unspecified atom stereocenters. The van der Waals surface area contributed by atoms with Crippen molar-refractivity contribution in [3.05, 3.63) is 16.4 Å². The van der Waals surface area contributed by atoms with E-state index in [9.17, 15) is 13.2 Å². The Bertz CT molecular complexity index is 548. The molecule has 0 aliphatic heterocycles. The number of esters is 1. The molecule has 1 N–H and O–H groups in total. The topological polar surface area (TPSA) is 76.2 Å². The Labute approximate surface area is 108 Å². The Hall–Kier alpha value is -0.720. The molecule has 0 atom stereocenters. The molecule has 0 saturated heterocycles. The zero-order valence-corrected chi connectivity index (χ0v) is 11.7. The number of hydrogen-bond donors (Lipinski definition) is 1. The number of aromatic nitrogens is 1. The van der Waals surface area contributed by atoms with Crippen LogP contribution in [0.15, 0.2) is 4.90 Å². The molecule has 8 heteroatoms. The third-order valence-corrected chi connectivity index (χ3v) is 4.00. The largest absolute Gasteiger partial charge is 0.464 e. The minimum atomic E-state index is -4.03. The summed E-state index contributed by atoms with van der Waals surface area (Å²) in [5, 5.41) is -0.240. The first-order valence-corrected chi connectivity index (χ1v) is 7.33. The van der Waals surface area contributed by atoms with Gasteiger partial charge in [-0.05, 0) is 5.92 Å². The third-order valence-electron chi connectivity index (χ3n) is 2.13. The number of aromatic amines is 1. The number of hydrogen-bond acceptors (Lipinski definition) is 4.